The van der Waals surface area contributed by atoms with Gasteiger partial charge in [0.2, 0.25) is 0 Å². The number of aryl methyl sites for hydroxylation is 1. The Hall–Kier alpha value is -2.59. The Morgan fingerprint density at radius 1 is 1.23 bits per heavy atom. The highest BCUT2D eigenvalue weighted by atomic mass is 35.5. The van der Waals surface area contributed by atoms with Crippen LogP contribution in [0.15, 0.2) is 58.0 Å². The molecule has 0 saturated heterocycles. The molecule has 2 aromatic heterocycles. The summed E-state index contributed by atoms with van der Waals surface area (Å²) in [6.07, 6.45) is 3.16. The molecular formula is C17H12ClNO3. The summed E-state index contributed by atoms with van der Waals surface area (Å²) in [6.45, 7) is 1.89. The second-order valence-corrected chi connectivity index (χ2v) is 5.29. The van der Waals surface area contributed by atoms with Gasteiger partial charge in [-0.3, -0.25) is 4.98 Å². The highest BCUT2D eigenvalue weighted by Crippen LogP contribution is 2.34. The molecule has 3 aromatic rings. The first kappa shape index (κ1) is 14.4. The molecule has 0 aliphatic carbocycles. The lowest BCUT2D eigenvalue weighted by Crippen LogP contribution is -2.04. The van der Waals surface area contributed by atoms with Gasteiger partial charge in [0, 0.05) is 34.6 Å². The van der Waals surface area contributed by atoms with E-state index in [2.05, 4.69) is 4.98 Å². The van der Waals surface area contributed by atoms with Gasteiger partial charge in [-0.15, -0.1) is 0 Å². The van der Waals surface area contributed by atoms with E-state index in [1.54, 1.807) is 36.7 Å². The largest absolute Gasteiger partial charge is 0.507 e. The van der Waals surface area contributed by atoms with Gasteiger partial charge >= 0.3 is 5.63 Å². The van der Waals surface area contributed by atoms with Crippen molar-refractivity contribution in [1.82, 2.24) is 4.98 Å². The van der Waals surface area contributed by atoms with E-state index >= 15 is 0 Å². The first-order valence-electron chi connectivity index (χ1n) is 6.60. The lowest BCUT2D eigenvalue weighted by atomic mass is 10.0. The molecule has 0 radical (unpaired) electrons. The van der Waals surface area contributed by atoms with E-state index in [1.807, 2.05) is 13.0 Å². The van der Waals surface area contributed by atoms with Crippen molar-refractivity contribution in [3.8, 4) is 28.2 Å². The molecule has 0 bridgehead atoms. The summed E-state index contributed by atoms with van der Waals surface area (Å²) in [5, 5.41) is 10.6. The van der Waals surface area contributed by atoms with Crippen molar-refractivity contribution >= 4 is 11.6 Å². The molecule has 0 saturated carbocycles. The fourth-order valence-electron chi connectivity index (χ4n) is 2.20. The maximum absolute atomic E-state index is 12.3. The minimum Gasteiger partial charge on any atom is -0.507 e. The predicted octanol–water partition coefficient (Wildman–Crippen LogP) is 4.04. The third kappa shape index (κ3) is 2.61. The van der Waals surface area contributed by atoms with E-state index in [0.29, 0.717) is 16.1 Å². The van der Waals surface area contributed by atoms with Gasteiger partial charge in [0.1, 0.15) is 17.1 Å². The zero-order valence-electron chi connectivity index (χ0n) is 11.7. The van der Waals surface area contributed by atoms with Gasteiger partial charge in [0.05, 0.1) is 0 Å². The molecule has 0 unspecified atom stereocenters. The fourth-order valence-corrected chi connectivity index (χ4v) is 2.53. The molecule has 0 atom stereocenters. The number of aromatic hydroxyl groups is 1. The van der Waals surface area contributed by atoms with Crippen LogP contribution in [0.2, 0.25) is 5.02 Å². The van der Waals surface area contributed by atoms with Crippen molar-refractivity contribution in [3.63, 3.8) is 0 Å². The monoisotopic (exact) mass is 313 g/mol. The van der Waals surface area contributed by atoms with Crippen molar-refractivity contribution < 1.29 is 9.52 Å². The Morgan fingerprint density at radius 2 is 2.05 bits per heavy atom. The Morgan fingerprint density at radius 3 is 2.68 bits per heavy atom. The number of pyridine rings is 1. The molecule has 5 heteroatoms. The molecule has 0 amide bonds. The van der Waals surface area contributed by atoms with E-state index in [-0.39, 0.29) is 17.1 Å². The van der Waals surface area contributed by atoms with E-state index in [4.69, 9.17) is 16.0 Å². The predicted molar refractivity (Wildman–Crippen MR) is 85.1 cm³/mol. The fraction of sp³-hybridized carbons (Fsp3) is 0.0588. The maximum Gasteiger partial charge on any atom is 0.348 e. The van der Waals surface area contributed by atoms with Crippen LogP contribution in [0, 0.1) is 6.92 Å². The summed E-state index contributed by atoms with van der Waals surface area (Å²) in [4.78, 5) is 16.2. The van der Waals surface area contributed by atoms with Crippen LogP contribution in [0.3, 0.4) is 0 Å². The van der Waals surface area contributed by atoms with Gasteiger partial charge in [-0.25, -0.2) is 4.79 Å². The summed E-state index contributed by atoms with van der Waals surface area (Å²) in [6, 6.07) is 10.1. The van der Waals surface area contributed by atoms with Gasteiger partial charge in [-0.05, 0) is 30.7 Å². The minimum atomic E-state index is -0.649. The highest BCUT2D eigenvalue weighted by molar-refractivity contribution is 6.33. The molecule has 2 heterocycles. The van der Waals surface area contributed by atoms with Crippen LogP contribution < -0.4 is 5.63 Å². The first-order chi connectivity index (χ1) is 10.6. The number of hydrogen-bond donors (Lipinski definition) is 1. The highest BCUT2D eigenvalue weighted by Gasteiger charge is 2.17. The van der Waals surface area contributed by atoms with Crippen LogP contribution in [-0.2, 0) is 0 Å². The van der Waals surface area contributed by atoms with Crippen LogP contribution in [-0.4, -0.2) is 10.1 Å². The van der Waals surface area contributed by atoms with Crippen molar-refractivity contribution in [3.05, 3.63) is 69.8 Å². The summed E-state index contributed by atoms with van der Waals surface area (Å²) < 4.78 is 5.30. The third-order valence-electron chi connectivity index (χ3n) is 3.27. The average molecular weight is 314 g/mol. The Labute approximate surface area is 131 Å². The second kappa shape index (κ2) is 5.66. The molecule has 0 aliphatic heterocycles. The molecule has 4 nitrogen and oxygen atoms in total. The summed E-state index contributed by atoms with van der Waals surface area (Å²) in [7, 11) is 0. The van der Waals surface area contributed by atoms with E-state index in [9.17, 15) is 9.90 Å². The Bertz CT molecular complexity index is 888. The molecule has 1 N–H and O–H groups in total. The molecule has 22 heavy (non-hydrogen) atoms. The molecule has 0 fully saturated rings. The third-order valence-corrected chi connectivity index (χ3v) is 3.58. The number of halogens is 1. The van der Waals surface area contributed by atoms with E-state index in [0.717, 1.165) is 5.56 Å². The number of rotatable bonds is 2. The Kier molecular flexibility index (Phi) is 3.69. The quantitative estimate of drug-likeness (QED) is 0.775. The van der Waals surface area contributed by atoms with Crippen LogP contribution in [0.5, 0.6) is 5.75 Å². The van der Waals surface area contributed by atoms with Gasteiger partial charge in [0.15, 0.2) is 0 Å². The van der Waals surface area contributed by atoms with Gasteiger partial charge < -0.3 is 9.52 Å². The number of benzene rings is 1. The SMILES string of the molecule is Cc1ccc(-c2c(O)cc(-c3cccnc3)oc2=O)c(Cl)c1. The van der Waals surface area contributed by atoms with Crippen LogP contribution in [0.25, 0.3) is 22.5 Å². The zero-order valence-corrected chi connectivity index (χ0v) is 12.5. The normalized spacial score (nSPS) is 10.6. The number of aromatic nitrogens is 1. The van der Waals surface area contributed by atoms with E-state index < -0.39 is 5.63 Å². The molecule has 0 spiro atoms. The van der Waals surface area contributed by atoms with Gasteiger partial charge in [0.25, 0.3) is 0 Å². The molecular weight excluding hydrogens is 302 g/mol. The number of nitrogens with zero attached hydrogens (tertiary/aromatic N) is 1. The topological polar surface area (TPSA) is 63.3 Å². The first-order valence-corrected chi connectivity index (χ1v) is 6.98. The molecule has 110 valence electrons. The second-order valence-electron chi connectivity index (χ2n) is 4.88. The maximum atomic E-state index is 12.3. The van der Waals surface area contributed by atoms with Crippen LogP contribution in [0.1, 0.15) is 5.56 Å². The molecule has 0 aliphatic rings. The lowest BCUT2D eigenvalue weighted by molar-refractivity contribution is 0.456. The van der Waals surface area contributed by atoms with Gasteiger partial charge in [-0.2, -0.15) is 0 Å². The molecule has 3 rings (SSSR count). The smallest absolute Gasteiger partial charge is 0.348 e. The van der Waals surface area contributed by atoms with Crippen LogP contribution >= 0.6 is 11.6 Å². The average Bonchev–Trinajstić information content (AvgIpc) is 2.49. The summed E-state index contributed by atoms with van der Waals surface area (Å²) >= 11 is 6.16. The van der Waals surface area contributed by atoms with Gasteiger partial charge in [-0.1, -0.05) is 23.7 Å². The van der Waals surface area contributed by atoms with Crippen molar-refractivity contribution in [1.29, 1.82) is 0 Å². The summed E-state index contributed by atoms with van der Waals surface area (Å²) in [5.41, 5.74) is 1.42. The minimum absolute atomic E-state index is 0.0534. The lowest BCUT2D eigenvalue weighted by Gasteiger charge is -2.08. The Balaban J connectivity index is 2.17. The molecule has 1 aromatic carbocycles. The van der Waals surface area contributed by atoms with Crippen molar-refractivity contribution in [2.75, 3.05) is 0 Å². The van der Waals surface area contributed by atoms with Crippen LogP contribution in [0.4, 0.5) is 0 Å². The zero-order chi connectivity index (χ0) is 15.7. The van der Waals surface area contributed by atoms with E-state index in [1.165, 1.54) is 6.07 Å². The number of hydrogen-bond acceptors (Lipinski definition) is 4. The standard InChI is InChI=1S/C17H12ClNO3/c1-10-4-5-12(13(18)7-10)16-14(20)8-15(22-17(16)21)11-3-2-6-19-9-11/h2-9,20H,1H3. The van der Waals surface area contributed by atoms with Crippen molar-refractivity contribution in [2.24, 2.45) is 0 Å². The van der Waals surface area contributed by atoms with Crippen molar-refractivity contribution in [2.45, 2.75) is 6.92 Å². The summed E-state index contributed by atoms with van der Waals surface area (Å²) in [5.74, 6) is 0.0726.